The molecule has 2 fully saturated rings. The van der Waals surface area contributed by atoms with Crippen LogP contribution in [0.3, 0.4) is 0 Å². The van der Waals surface area contributed by atoms with Crippen molar-refractivity contribution in [1.82, 2.24) is 44.3 Å². The Labute approximate surface area is 404 Å². The molecule has 2 aliphatic heterocycles. The van der Waals surface area contributed by atoms with Gasteiger partial charge < -0.3 is 25.4 Å². The second-order valence-electron chi connectivity index (χ2n) is 17.5. The van der Waals surface area contributed by atoms with Gasteiger partial charge >= 0.3 is 0 Å². The van der Waals surface area contributed by atoms with Crippen molar-refractivity contribution in [2.45, 2.75) is 37.8 Å². The topological polar surface area (TPSA) is 189 Å². The predicted molar refractivity (Wildman–Crippen MR) is 268 cm³/mol. The van der Waals surface area contributed by atoms with E-state index in [1.54, 1.807) is 17.2 Å². The summed E-state index contributed by atoms with van der Waals surface area (Å²) in [6.07, 6.45) is 8.50. The smallest absolute Gasteiger partial charge is 0.248 e. The molecule has 0 radical (unpaired) electrons. The highest BCUT2D eigenvalue weighted by atomic mass is 16.5. The number of nitrogens with two attached hydrogens (primary N) is 1. The van der Waals surface area contributed by atoms with E-state index in [1.165, 1.54) is 18.5 Å². The van der Waals surface area contributed by atoms with E-state index in [0.717, 1.165) is 35.1 Å². The normalized spacial score (nSPS) is 16.7. The van der Waals surface area contributed by atoms with Crippen LogP contribution in [0.15, 0.2) is 153 Å². The van der Waals surface area contributed by atoms with Gasteiger partial charge in [0.25, 0.3) is 0 Å². The molecule has 3 N–H and O–H groups in total. The molecule has 2 amide bonds. The zero-order valence-corrected chi connectivity index (χ0v) is 38.4. The molecule has 70 heavy (non-hydrogen) atoms. The molecule has 3 atom stereocenters. The number of nitrogen functional groups attached to an aromatic ring is 1. The molecule has 2 aliphatic rings. The lowest BCUT2D eigenvalue weighted by Gasteiger charge is -2.37. The minimum absolute atomic E-state index is 0.105. The van der Waals surface area contributed by atoms with Crippen molar-refractivity contribution in [1.29, 1.82) is 0 Å². The largest absolute Gasteiger partial charge is 0.457 e. The minimum Gasteiger partial charge on any atom is -0.457 e. The van der Waals surface area contributed by atoms with E-state index in [0.29, 0.717) is 83.5 Å². The number of amides is 2. The van der Waals surface area contributed by atoms with Crippen molar-refractivity contribution in [2.24, 2.45) is 5.92 Å². The SMILES string of the molecule is C=CC(=O)Nc1ncnc2c1c(-c1ccc(Oc3ccccc3)cc1)nn2[C@@H]1CCCN(C(=O)C(CN2CCCC(n3nc(-c4ccc(Oc5ccccc5)cc4)c4c(N)ccnc43)C2)C(=O)C=C)C1. The highest BCUT2D eigenvalue weighted by Gasteiger charge is 2.37. The maximum absolute atomic E-state index is 14.7. The van der Waals surface area contributed by atoms with Gasteiger partial charge in [-0.05, 0) is 123 Å². The fourth-order valence-electron chi connectivity index (χ4n) is 9.51. The molecule has 4 aromatic carbocycles. The Morgan fingerprint density at radius 1 is 0.671 bits per heavy atom. The summed E-state index contributed by atoms with van der Waals surface area (Å²) in [6, 6.07) is 35.7. The Kier molecular flexibility index (Phi) is 12.9. The number of allylic oxidation sites excluding steroid dienone is 1. The average Bonchev–Trinajstić information content (AvgIpc) is 4.00. The minimum atomic E-state index is -0.977. The zero-order chi connectivity index (χ0) is 48.1. The number of carbonyl (C=O) groups excluding carboxylic acids is 3. The van der Waals surface area contributed by atoms with Crippen LogP contribution in [0, 0.1) is 5.92 Å². The highest BCUT2D eigenvalue weighted by Crippen LogP contribution is 2.38. The number of ether oxygens (including phenoxy) is 2. The number of carbonyl (C=O) groups is 3. The van der Waals surface area contributed by atoms with Gasteiger partial charge in [-0.2, -0.15) is 10.2 Å². The standard InChI is InChI=1S/C54H51N11O5/c1-3-45(66)43(33-62-29-11-13-37(31-62)64-52-47(44(55)27-28-56-52)49(60-64)35-19-23-41(24-20-35)69-39-15-7-5-8-16-39)54(68)63-30-12-14-38(32-63)65-53-48(51(57-34-58-53)59-46(67)4-2)50(61-65)36-21-25-42(26-22-36)70-40-17-9-6-10-18-40/h3-10,15-28,34,37-38,43H,1-2,11-14,29-33H2,(H2,55,56)(H,57,58,59,67)/t37?,38-,43?/m1/s1. The number of hydrogen-bond donors (Lipinski definition) is 2. The second kappa shape index (κ2) is 20.0. The van der Waals surface area contributed by atoms with Crippen molar-refractivity contribution in [2.75, 3.05) is 43.8 Å². The third-order valence-electron chi connectivity index (χ3n) is 12.9. The molecular weight excluding hydrogens is 883 g/mol. The maximum atomic E-state index is 14.7. The summed E-state index contributed by atoms with van der Waals surface area (Å²) in [7, 11) is 0. The summed E-state index contributed by atoms with van der Waals surface area (Å²) in [5, 5.41) is 14.4. The fourth-order valence-corrected chi connectivity index (χ4v) is 9.51. The van der Waals surface area contributed by atoms with Crippen LogP contribution in [0.2, 0.25) is 0 Å². The Morgan fingerprint density at radius 3 is 1.83 bits per heavy atom. The number of hydrogen-bond acceptors (Lipinski definition) is 12. The zero-order valence-electron chi connectivity index (χ0n) is 38.4. The molecule has 0 spiro atoms. The third-order valence-corrected chi connectivity index (χ3v) is 12.9. The summed E-state index contributed by atoms with van der Waals surface area (Å²) < 4.78 is 15.9. The number of para-hydroxylation sites is 2. The third kappa shape index (κ3) is 9.36. The molecule has 0 saturated carbocycles. The first-order chi connectivity index (χ1) is 34.2. The van der Waals surface area contributed by atoms with E-state index in [1.807, 2.05) is 119 Å². The number of pyridine rings is 1. The summed E-state index contributed by atoms with van der Waals surface area (Å²) >= 11 is 0. The van der Waals surface area contributed by atoms with Crippen LogP contribution >= 0.6 is 0 Å². The molecule has 16 nitrogen and oxygen atoms in total. The number of benzene rings is 4. The average molecular weight is 934 g/mol. The van der Waals surface area contributed by atoms with E-state index in [9.17, 15) is 14.4 Å². The lowest BCUT2D eigenvalue weighted by atomic mass is 9.96. The van der Waals surface area contributed by atoms with Crippen LogP contribution in [-0.2, 0) is 14.4 Å². The number of nitrogens with one attached hydrogen (secondary N) is 1. The highest BCUT2D eigenvalue weighted by molar-refractivity contribution is 6.08. The first-order valence-corrected chi connectivity index (χ1v) is 23.4. The summed E-state index contributed by atoms with van der Waals surface area (Å²) in [5.74, 6) is 1.05. The van der Waals surface area contributed by atoms with Gasteiger partial charge in [-0.25, -0.2) is 24.3 Å². The van der Waals surface area contributed by atoms with Crippen LogP contribution in [-0.4, -0.2) is 94.6 Å². The van der Waals surface area contributed by atoms with E-state index in [-0.39, 0.29) is 42.7 Å². The number of piperidine rings is 2. The van der Waals surface area contributed by atoms with Gasteiger partial charge in [-0.3, -0.25) is 19.3 Å². The number of aromatic nitrogens is 7. The number of ketones is 1. The number of anilines is 2. The van der Waals surface area contributed by atoms with E-state index < -0.39 is 11.8 Å². The summed E-state index contributed by atoms with van der Waals surface area (Å²) in [5.41, 5.74) is 11.2. The molecule has 10 rings (SSSR count). The molecule has 0 aliphatic carbocycles. The van der Waals surface area contributed by atoms with Crippen LogP contribution in [0.5, 0.6) is 23.0 Å². The number of fused-ring (bicyclic) bond motifs is 2. The summed E-state index contributed by atoms with van der Waals surface area (Å²) in [6.45, 7) is 9.62. The molecule has 352 valence electrons. The molecule has 2 saturated heterocycles. The van der Waals surface area contributed by atoms with E-state index in [2.05, 4.69) is 33.3 Å². The predicted octanol–water partition coefficient (Wildman–Crippen LogP) is 9.07. The molecule has 16 heteroatoms. The number of nitrogens with zero attached hydrogens (tertiary/aromatic N) is 9. The first-order valence-electron chi connectivity index (χ1n) is 23.4. The lowest BCUT2D eigenvalue weighted by Crippen LogP contribution is -2.50. The Hall–Kier alpha value is -8.50. The number of likely N-dealkylation sites (tertiary alicyclic amines) is 2. The Morgan fingerprint density at radius 2 is 1.23 bits per heavy atom. The molecule has 0 bridgehead atoms. The van der Waals surface area contributed by atoms with Crippen molar-refractivity contribution in [3.8, 4) is 45.5 Å². The van der Waals surface area contributed by atoms with Gasteiger partial charge in [0.1, 0.15) is 52.4 Å². The maximum Gasteiger partial charge on any atom is 0.248 e. The van der Waals surface area contributed by atoms with Crippen LogP contribution in [0.4, 0.5) is 11.5 Å². The lowest BCUT2D eigenvalue weighted by molar-refractivity contribution is -0.142. The number of rotatable bonds is 15. The first kappa shape index (κ1) is 45.3. The van der Waals surface area contributed by atoms with Crippen molar-refractivity contribution in [3.05, 3.63) is 153 Å². The van der Waals surface area contributed by atoms with Gasteiger partial charge in [0.05, 0.1) is 22.9 Å². The van der Waals surface area contributed by atoms with Crippen molar-refractivity contribution in [3.63, 3.8) is 0 Å². The Balaban J connectivity index is 0.885. The van der Waals surface area contributed by atoms with Crippen molar-refractivity contribution < 1.29 is 23.9 Å². The second-order valence-corrected chi connectivity index (χ2v) is 17.5. The fraction of sp³-hybridized carbons (Fsp3) is 0.222. The summed E-state index contributed by atoms with van der Waals surface area (Å²) in [4.78, 5) is 58.9. The Bertz CT molecular complexity index is 3210. The van der Waals surface area contributed by atoms with Gasteiger partial charge in [0.15, 0.2) is 17.1 Å². The van der Waals surface area contributed by atoms with Gasteiger partial charge in [-0.15, -0.1) is 0 Å². The van der Waals surface area contributed by atoms with Gasteiger partial charge in [0, 0.05) is 49.2 Å². The molecule has 8 aromatic rings. The van der Waals surface area contributed by atoms with Crippen molar-refractivity contribution >= 4 is 51.2 Å². The van der Waals surface area contributed by atoms with Crippen LogP contribution in [0.1, 0.15) is 37.8 Å². The quantitative estimate of drug-likeness (QED) is 0.0734. The van der Waals surface area contributed by atoms with Crippen LogP contribution < -0.4 is 20.5 Å². The van der Waals surface area contributed by atoms with E-state index >= 15 is 0 Å². The van der Waals surface area contributed by atoms with Gasteiger partial charge in [0.2, 0.25) is 11.8 Å². The molecular formula is C54H51N11O5. The van der Waals surface area contributed by atoms with Gasteiger partial charge in [-0.1, -0.05) is 49.6 Å². The molecule has 2 unspecified atom stereocenters. The van der Waals surface area contributed by atoms with Crippen LogP contribution in [0.25, 0.3) is 44.6 Å². The van der Waals surface area contributed by atoms with E-state index in [4.69, 9.17) is 30.4 Å². The molecule has 4 aromatic heterocycles. The molecule has 6 heterocycles. The monoisotopic (exact) mass is 933 g/mol.